The predicted octanol–water partition coefficient (Wildman–Crippen LogP) is 2.24. The summed E-state index contributed by atoms with van der Waals surface area (Å²) in [6, 6.07) is 6.15. The Morgan fingerprint density at radius 1 is 1.12 bits per heavy atom. The number of benzene rings is 1. The van der Waals surface area contributed by atoms with E-state index in [2.05, 4.69) is 0 Å². The Bertz CT molecular complexity index is 707. The van der Waals surface area contributed by atoms with E-state index in [1.807, 2.05) is 4.90 Å². The van der Waals surface area contributed by atoms with Gasteiger partial charge >= 0.3 is 0 Å². The first-order valence-electron chi connectivity index (χ1n) is 8.79. The second kappa shape index (κ2) is 7.43. The number of carbonyl (C=O) groups is 1. The minimum Gasteiger partial charge on any atom is -0.348 e. The average molecular weight is 367 g/mol. The van der Waals surface area contributed by atoms with Crippen LogP contribution in [0.5, 0.6) is 0 Å². The summed E-state index contributed by atoms with van der Waals surface area (Å²) in [5.74, 6) is -0.0997. The van der Waals surface area contributed by atoms with Crippen LogP contribution in [-0.4, -0.2) is 56.6 Å². The molecule has 138 valence electrons. The molecule has 0 aliphatic carbocycles. The van der Waals surface area contributed by atoms with Gasteiger partial charge in [0.25, 0.3) is 5.91 Å². The molecule has 25 heavy (non-hydrogen) atoms. The molecule has 1 unspecified atom stereocenters. The van der Waals surface area contributed by atoms with Crippen molar-refractivity contribution in [3.8, 4) is 0 Å². The Morgan fingerprint density at radius 3 is 2.36 bits per heavy atom. The maximum atomic E-state index is 12.9. The summed E-state index contributed by atoms with van der Waals surface area (Å²) >= 11 is 0. The normalized spacial score (nSPS) is 22.5. The van der Waals surface area contributed by atoms with E-state index in [0.717, 1.165) is 19.3 Å². The van der Waals surface area contributed by atoms with Crippen LogP contribution in [-0.2, 0) is 19.3 Å². The maximum Gasteiger partial charge on any atom is 0.254 e. The Morgan fingerprint density at radius 2 is 1.76 bits per heavy atom. The fourth-order valence-electron chi connectivity index (χ4n) is 3.32. The van der Waals surface area contributed by atoms with Crippen LogP contribution in [0.15, 0.2) is 29.2 Å². The van der Waals surface area contributed by atoms with Crippen molar-refractivity contribution in [2.75, 3.05) is 19.8 Å². The van der Waals surface area contributed by atoms with Gasteiger partial charge in [0.2, 0.25) is 0 Å². The molecule has 0 bridgehead atoms. The number of ether oxygens (including phenoxy) is 2. The summed E-state index contributed by atoms with van der Waals surface area (Å²) in [6.45, 7) is 5.08. The predicted molar refractivity (Wildman–Crippen MR) is 93.1 cm³/mol. The Hall–Kier alpha value is -1.44. The monoisotopic (exact) mass is 367 g/mol. The molecular weight excluding hydrogens is 342 g/mol. The van der Waals surface area contributed by atoms with E-state index in [4.69, 9.17) is 9.47 Å². The van der Waals surface area contributed by atoms with Crippen molar-refractivity contribution in [3.05, 3.63) is 29.8 Å². The lowest BCUT2D eigenvalue weighted by Gasteiger charge is -2.38. The highest BCUT2D eigenvalue weighted by molar-refractivity contribution is 7.92. The van der Waals surface area contributed by atoms with Gasteiger partial charge in [-0.3, -0.25) is 4.79 Å². The van der Waals surface area contributed by atoms with Crippen LogP contribution < -0.4 is 0 Å². The van der Waals surface area contributed by atoms with Gasteiger partial charge in [0.15, 0.2) is 16.1 Å². The zero-order chi connectivity index (χ0) is 18.0. The molecule has 0 spiro atoms. The number of sulfone groups is 1. The molecule has 3 rings (SSSR count). The molecule has 2 fully saturated rings. The molecule has 2 saturated heterocycles. The van der Waals surface area contributed by atoms with Crippen LogP contribution >= 0.6 is 0 Å². The number of hydrogen-bond donors (Lipinski definition) is 0. The highest BCUT2D eigenvalue weighted by atomic mass is 32.2. The lowest BCUT2D eigenvalue weighted by atomic mass is 10.00. The van der Waals surface area contributed by atoms with Crippen LogP contribution in [0.25, 0.3) is 0 Å². The SMILES string of the molecule is CC(C)S(=O)(=O)c1ccc(C(=O)N2CCCCC2C2OCCO2)cc1. The van der Waals surface area contributed by atoms with E-state index in [-0.39, 0.29) is 23.1 Å². The molecule has 1 aromatic rings. The highest BCUT2D eigenvalue weighted by Gasteiger charge is 2.36. The summed E-state index contributed by atoms with van der Waals surface area (Å²) in [6.07, 6.45) is 2.50. The second-order valence-corrected chi connectivity index (χ2v) is 9.29. The van der Waals surface area contributed by atoms with Gasteiger partial charge in [0.1, 0.15) is 0 Å². The number of hydrogen-bond acceptors (Lipinski definition) is 5. The standard InChI is InChI=1S/C18H25NO5S/c1-13(2)25(21,22)15-8-6-14(7-9-15)17(20)19-10-4-3-5-16(19)18-23-11-12-24-18/h6-9,13,16,18H,3-5,10-12H2,1-2H3. The van der Waals surface area contributed by atoms with Crippen molar-refractivity contribution in [2.24, 2.45) is 0 Å². The molecule has 2 aliphatic heterocycles. The van der Waals surface area contributed by atoms with Crippen molar-refractivity contribution >= 4 is 15.7 Å². The maximum absolute atomic E-state index is 12.9. The van der Waals surface area contributed by atoms with E-state index < -0.39 is 15.1 Å². The molecule has 7 heteroatoms. The number of likely N-dealkylation sites (tertiary alicyclic amines) is 1. The highest BCUT2D eigenvalue weighted by Crippen LogP contribution is 2.26. The first-order valence-corrected chi connectivity index (χ1v) is 10.3. The van der Waals surface area contributed by atoms with Crippen LogP contribution in [0.2, 0.25) is 0 Å². The molecule has 6 nitrogen and oxygen atoms in total. The summed E-state index contributed by atoms with van der Waals surface area (Å²) in [7, 11) is -3.33. The lowest BCUT2D eigenvalue weighted by molar-refractivity contribution is -0.100. The Balaban J connectivity index is 1.79. The van der Waals surface area contributed by atoms with Gasteiger partial charge in [-0.1, -0.05) is 0 Å². The summed E-state index contributed by atoms with van der Waals surface area (Å²) < 4.78 is 35.6. The van der Waals surface area contributed by atoms with Crippen LogP contribution in [0, 0.1) is 0 Å². The van der Waals surface area contributed by atoms with Crippen LogP contribution in [0.3, 0.4) is 0 Å². The smallest absolute Gasteiger partial charge is 0.254 e. The molecule has 1 amide bonds. The van der Waals surface area contributed by atoms with Gasteiger partial charge in [0, 0.05) is 12.1 Å². The second-order valence-electron chi connectivity index (χ2n) is 6.79. The van der Waals surface area contributed by atoms with Crippen molar-refractivity contribution in [1.82, 2.24) is 4.90 Å². The van der Waals surface area contributed by atoms with Gasteiger partial charge in [-0.05, 0) is 57.4 Å². The molecule has 1 aromatic carbocycles. The molecular formula is C18H25NO5S. The zero-order valence-corrected chi connectivity index (χ0v) is 15.5. The number of piperidine rings is 1. The van der Waals surface area contributed by atoms with E-state index in [0.29, 0.717) is 25.3 Å². The van der Waals surface area contributed by atoms with Crippen molar-refractivity contribution in [3.63, 3.8) is 0 Å². The summed E-state index contributed by atoms with van der Waals surface area (Å²) in [5, 5.41) is -0.489. The molecule has 0 saturated carbocycles. The lowest BCUT2D eigenvalue weighted by Crippen LogP contribution is -2.50. The molecule has 0 aromatic heterocycles. The minimum atomic E-state index is -3.33. The fraction of sp³-hybridized carbons (Fsp3) is 0.611. The topological polar surface area (TPSA) is 72.9 Å². The fourth-order valence-corrected chi connectivity index (χ4v) is 4.38. The van der Waals surface area contributed by atoms with Gasteiger partial charge in [-0.15, -0.1) is 0 Å². The third kappa shape index (κ3) is 3.73. The van der Waals surface area contributed by atoms with E-state index >= 15 is 0 Å². The molecule has 1 atom stereocenters. The van der Waals surface area contributed by atoms with Gasteiger partial charge < -0.3 is 14.4 Å². The van der Waals surface area contributed by atoms with Crippen molar-refractivity contribution in [2.45, 2.75) is 55.6 Å². The van der Waals surface area contributed by atoms with Crippen LogP contribution in [0.4, 0.5) is 0 Å². The van der Waals surface area contributed by atoms with Gasteiger partial charge in [-0.25, -0.2) is 8.42 Å². The van der Waals surface area contributed by atoms with Crippen molar-refractivity contribution < 1.29 is 22.7 Å². The van der Waals surface area contributed by atoms with E-state index in [1.54, 1.807) is 26.0 Å². The number of amides is 1. The van der Waals surface area contributed by atoms with Crippen molar-refractivity contribution in [1.29, 1.82) is 0 Å². The minimum absolute atomic E-state index is 0.0807. The first-order chi connectivity index (χ1) is 11.9. The molecule has 2 aliphatic rings. The first kappa shape index (κ1) is 18.4. The number of carbonyl (C=O) groups excluding carboxylic acids is 1. The summed E-state index contributed by atoms with van der Waals surface area (Å²) in [5.41, 5.74) is 0.493. The number of nitrogens with zero attached hydrogens (tertiary/aromatic N) is 1. The third-order valence-corrected chi connectivity index (χ3v) is 6.99. The molecule has 0 N–H and O–H groups in total. The van der Waals surface area contributed by atoms with E-state index in [9.17, 15) is 13.2 Å². The molecule has 2 heterocycles. The number of rotatable bonds is 4. The third-order valence-electron chi connectivity index (χ3n) is 4.82. The largest absolute Gasteiger partial charge is 0.348 e. The van der Waals surface area contributed by atoms with E-state index in [1.165, 1.54) is 12.1 Å². The zero-order valence-electron chi connectivity index (χ0n) is 14.7. The average Bonchev–Trinajstić information content (AvgIpc) is 3.15. The molecule has 0 radical (unpaired) electrons. The van der Waals surface area contributed by atoms with Gasteiger partial charge in [-0.2, -0.15) is 0 Å². The Kier molecular flexibility index (Phi) is 5.46. The van der Waals surface area contributed by atoms with Crippen LogP contribution in [0.1, 0.15) is 43.5 Å². The quantitative estimate of drug-likeness (QED) is 0.816. The Labute approximate surface area is 149 Å². The van der Waals surface area contributed by atoms with Gasteiger partial charge in [0.05, 0.1) is 29.4 Å². The summed E-state index contributed by atoms with van der Waals surface area (Å²) in [4.78, 5) is 15.0.